The summed E-state index contributed by atoms with van der Waals surface area (Å²) in [5.41, 5.74) is 0.397. The zero-order valence-corrected chi connectivity index (χ0v) is 12.4. The standard InChI is InChI=1S/C15H33NO/c1-5-14(10-12-17)9-7-6-8-11-16-13-15(2,3)4/h14,16-17H,5-13H2,1-4H3/t14-/m0/s1. The first-order chi connectivity index (χ1) is 7.99. The topological polar surface area (TPSA) is 32.3 Å². The average Bonchev–Trinajstić information content (AvgIpc) is 2.24. The molecule has 0 bridgehead atoms. The van der Waals surface area contributed by atoms with Crippen molar-refractivity contribution >= 4 is 0 Å². The SMILES string of the molecule is CC[C@H](CCO)CCCCCNCC(C)(C)C. The van der Waals surface area contributed by atoms with Crippen LogP contribution in [0, 0.1) is 11.3 Å². The lowest BCUT2D eigenvalue weighted by Gasteiger charge is -2.18. The van der Waals surface area contributed by atoms with Gasteiger partial charge in [0.2, 0.25) is 0 Å². The number of unbranched alkanes of at least 4 members (excludes halogenated alkanes) is 2. The minimum Gasteiger partial charge on any atom is -0.396 e. The van der Waals surface area contributed by atoms with Gasteiger partial charge in [-0.25, -0.2) is 0 Å². The van der Waals surface area contributed by atoms with E-state index in [2.05, 4.69) is 33.0 Å². The summed E-state index contributed by atoms with van der Waals surface area (Å²) in [6, 6.07) is 0. The van der Waals surface area contributed by atoms with Gasteiger partial charge in [-0.2, -0.15) is 0 Å². The molecule has 0 fully saturated rings. The van der Waals surface area contributed by atoms with Crippen molar-refractivity contribution in [2.75, 3.05) is 19.7 Å². The summed E-state index contributed by atoms with van der Waals surface area (Å²) in [6.45, 7) is 11.6. The normalized spacial score (nSPS) is 13.9. The van der Waals surface area contributed by atoms with E-state index in [0.717, 1.165) is 25.4 Å². The van der Waals surface area contributed by atoms with Gasteiger partial charge in [-0.1, -0.05) is 53.4 Å². The van der Waals surface area contributed by atoms with Crippen molar-refractivity contribution < 1.29 is 5.11 Å². The molecule has 0 spiro atoms. The Morgan fingerprint density at radius 2 is 1.76 bits per heavy atom. The van der Waals surface area contributed by atoms with E-state index < -0.39 is 0 Å². The Hall–Kier alpha value is -0.0800. The number of aliphatic hydroxyl groups is 1. The highest BCUT2D eigenvalue weighted by molar-refractivity contribution is 4.64. The summed E-state index contributed by atoms with van der Waals surface area (Å²) < 4.78 is 0. The molecule has 2 heteroatoms. The predicted octanol–water partition coefficient (Wildman–Crippen LogP) is 3.59. The van der Waals surface area contributed by atoms with Gasteiger partial charge in [0.25, 0.3) is 0 Å². The minimum absolute atomic E-state index is 0.353. The smallest absolute Gasteiger partial charge is 0.0433 e. The largest absolute Gasteiger partial charge is 0.396 e. The van der Waals surface area contributed by atoms with Crippen molar-refractivity contribution in [3.05, 3.63) is 0 Å². The summed E-state index contributed by atoms with van der Waals surface area (Å²) in [4.78, 5) is 0. The second kappa shape index (κ2) is 9.90. The fraction of sp³-hybridized carbons (Fsp3) is 1.00. The molecular formula is C15H33NO. The molecule has 0 unspecified atom stereocenters. The molecule has 2 N–H and O–H groups in total. The molecule has 0 aliphatic heterocycles. The molecule has 2 nitrogen and oxygen atoms in total. The van der Waals surface area contributed by atoms with Gasteiger partial charge in [-0.15, -0.1) is 0 Å². The van der Waals surface area contributed by atoms with Gasteiger partial charge >= 0.3 is 0 Å². The zero-order valence-electron chi connectivity index (χ0n) is 12.4. The van der Waals surface area contributed by atoms with Crippen molar-refractivity contribution in [2.45, 2.75) is 66.2 Å². The highest BCUT2D eigenvalue weighted by atomic mass is 16.3. The van der Waals surface area contributed by atoms with E-state index in [-0.39, 0.29) is 0 Å². The molecule has 0 aromatic heterocycles. The molecular weight excluding hydrogens is 210 g/mol. The fourth-order valence-electron chi connectivity index (χ4n) is 2.06. The average molecular weight is 243 g/mol. The lowest BCUT2D eigenvalue weighted by atomic mass is 9.95. The van der Waals surface area contributed by atoms with Gasteiger partial charge in [-0.05, 0) is 37.3 Å². The Kier molecular flexibility index (Phi) is 9.85. The number of nitrogens with one attached hydrogen (secondary N) is 1. The van der Waals surface area contributed by atoms with Crippen LogP contribution in [0.5, 0.6) is 0 Å². The van der Waals surface area contributed by atoms with Crippen LogP contribution in [0.3, 0.4) is 0 Å². The predicted molar refractivity (Wildman–Crippen MR) is 76.3 cm³/mol. The number of aliphatic hydroxyl groups excluding tert-OH is 1. The zero-order chi connectivity index (χ0) is 13.1. The summed E-state index contributed by atoms with van der Waals surface area (Å²) in [7, 11) is 0. The van der Waals surface area contributed by atoms with Crippen LogP contribution in [0.25, 0.3) is 0 Å². The van der Waals surface area contributed by atoms with Crippen molar-refractivity contribution in [3.63, 3.8) is 0 Å². The van der Waals surface area contributed by atoms with Crippen LogP contribution >= 0.6 is 0 Å². The Morgan fingerprint density at radius 3 is 2.29 bits per heavy atom. The molecule has 0 aromatic rings. The van der Waals surface area contributed by atoms with Gasteiger partial charge in [0.15, 0.2) is 0 Å². The summed E-state index contributed by atoms with van der Waals surface area (Å²) in [6.07, 6.45) is 7.40. The fourth-order valence-corrected chi connectivity index (χ4v) is 2.06. The first-order valence-electron chi connectivity index (χ1n) is 7.31. The molecule has 0 heterocycles. The van der Waals surface area contributed by atoms with Crippen LogP contribution in [-0.2, 0) is 0 Å². The molecule has 0 amide bonds. The molecule has 0 aliphatic carbocycles. The number of hydrogen-bond acceptors (Lipinski definition) is 2. The van der Waals surface area contributed by atoms with Crippen molar-refractivity contribution in [2.24, 2.45) is 11.3 Å². The van der Waals surface area contributed by atoms with Crippen LogP contribution in [0.15, 0.2) is 0 Å². The molecule has 17 heavy (non-hydrogen) atoms. The summed E-state index contributed by atoms with van der Waals surface area (Å²) in [5.74, 6) is 0.738. The van der Waals surface area contributed by atoms with E-state index in [9.17, 15) is 0 Å². The maximum Gasteiger partial charge on any atom is 0.0433 e. The third-order valence-electron chi connectivity index (χ3n) is 3.24. The third-order valence-corrected chi connectivity index (χ3v) is 3.24. The van der Waals surface area contributed by atoms with Gasteiger partial charge in [0, 0.05) is 6.61 Å². The Balaban J connectivity index is 3.28. The van der Waals surface area contributed by atoms with Crippen LogP contribution in [-0.4, -0.2) is 24.8 Å². The highest BCUT2D eigenvalue weighted by Crippen LogP contribution is 2.16. The van der Waals surface area contributed by atoms with Gasteiger partial charge in [0.05, 0.1) is 0 Å². The molecule has 0 radical (unpaired) electrons. The van der Waals surface area contributed by atoms with Crippen LogP contribution < -0.4 is 5.32 Å². The molecule has 0 aromatic carbocycles. The van der Waals surface area contributed by atoms with Gasteiger partial charge < -0.3 is 10.4 Å². The molecule has 0 saturated carbocycles. The maximum absolute atomic E-state index is 8.91. The number of hydrogen-bond donors (Lipinski definition) is 2. The highest BCUT2D eigenvalue weighted by Gasteiger charge is 2.08. The van der Waals surface area contributed by atoms with Crippen LogP contribution in [0.4, 0.5) is 0 Å². The van der Waals surface area contributed by atoms with E-state index in [0.29, 0.717) is 12.0 Å². The van der Waals surface area contributed by atoms with Crippen molar-refractivity contribution in [3.8, 4) is 0 Å². The lowest BCUT2D eigenvalue weighted by Crippen LogP contribution is -2.27. The first kappa shape index (κ1) is 16.9. The first-order valence-corrected chi connectivity index (χ1v) is 7.31. The monoisotopic (exact) mass is 243 g/mol. The van der Waals surface area contributed by atoms with E-state index in [1.807, 2.05) is 0 Å². The summed E-state index contributed by atoms with van der Waals surface area (Å²) in [5, 5.41) is 12.4. The molecule has 0 aliphatic rings. The van der Waals surface area contributed by atoms with E-state index in [4.69, 9.17) is 5.11 Å². The molecule has 104 valence electrons. The maximum atomic E-state index is 8.91. The second-order valence-corrected chi connectivity index (χ2v) is 6.37. The van der Waals surface area contributed by atoms with Gasteiger partial charge in [0.1, 0.15) is 0 Å². The minimum atomic E-state index is 0.353. The van der Waals surface area contributed by atoms with E-state index >= 15 is 0 Å². The lowest BCUT2D eigenvalue weighted by molar-refractivity contribution is 0.247. The van der Waals surface area contributed by atoms with Crippen LogP contribution in [0.1, 0.15) is 66.2 Å². The number of rotatable bonds is 10. The second-order valence-electron chi connectivity index (χ2n) is 6.37. The van der Waals surface area contributed by atoms with Crippen molar-refractivity contribution in [1.82, 2.24) is 5.32 Å². The Bertz CT molecular complexity index is 163. The van der Waals surface area contributed by atoms with Gasteiger partial charge in [-0.3, -0.25) is 0 Å². The Morgan fingerprint density at radius 1 is 1.06 bits per heavy atom. The quantitative estimate of drug-likeness (QED) is 0.575. The van der Waals surface area contributed by atoms with Crippen molar-refractivity contribution in [1.29, 1.82) is 0 Å². The third kappa shape index (κ3) is 12.2. The van der Waals surface area contributed by atoms with Crippen LogP contribution in [0.2, 0.25) is 0 Å². The molecule has 0 saturated heterocycles. The Labute approximate surface area is 108 Å². The molecule has 1 atom stereocenters. The van der Waals surface area contributed by atoms with E-state index in [1.165, 1.54) is 32.1 Å². The summed E-state index contributed by atoms with van der Waals surface area (Å²) >= 11 is 0. The van der Waals surface area contributed by atoms with E-state index in [1.54, 1.807) is 0 Å². The molecule has 0 rings (SSSR count).